The first-order valence-corrected chi connectivity index (χ1v) is 9.32. The summed E-state index contributed by atoms with van der Waals surface area (Å²) < 4.78 is 11.3. The van der Waals surface area contributed by atoms with Gasteiger partial charge in [-0.25, -0.2) is 0 Å². The first kappa shape index (κ1) is 18.3. The molecule has 3 aliphatic heterocycles. The Bertz CT molecular complexity index is 562. The van der Waals surface area contributed by atoms with Crippen LogP contribution in [0.25, 0.3) is 0 Å². The molecule has 3 rings (SSSR count). The van der Waals surface area contributed by atoms with E-state index in [1.807, 2.05) is 0 Å². The minimum absolute atomic E-state index is 0.185. The molecule has 2 saturated heterocycles. The number of hydrogen-bond donors (Lipinski definition) is 0. The van der Waals surface area contributed by atoms with Gasteiger partial charge in [-0.15, -0.1) is 0 Å². The third kappa shape index (κ3) is 4.36. The molecular weight excluding hydrogens is 316 g/mol. The van der Waals surface area contributed by atoms with E-state index in [0.29, 0.717) is 6.61 Å². The van der Waals surface area contributed by atoms with Crippen molar-refractivity contribution in [2.45, 2.75) is 33.8 Å². The third-order valence-electron chi connectivity index (χ3n) is 4.73. The smallest absolute Gasteiger partial charge is 0.207 e. The number of hydrogen-bond acceptors (Lipinski definition) is 6. The minimum atomic E-state index is 0.185. The molecule has 0 spiro atoms. The Kier molecular flexibility index (Phi) is 5.39. The summed E-state index contributed by atoms with van der Waals surface area (Å²) in [5.41, 5.74) is 1.21. The molecule has 2 fully saturated rings. The number of rotatable bonds is 5. The molecule has 6 heteroatoms. The molecule has 0 bridgehead atoms. The lowest BCUT2D eigenvalue weighted by Crippen LogP contribution is -2.58. The van der Waals surface area contributed by atoms with Gasteiger partial charge in [0.2, 0.25) is 5.96 Å². The molecule has 0 unspecified atom stereocenters. The van der Waals surface area contributed by atoms with Gasteiger partial charge in [-0.1, -0.05) is 20.4 Å². The standard InChI is InChI=1S/C19H32N4O2/c1-15(2)25-11-8-22-13-19(4,5)14-23-16(3)12-17(20-18(22)23)21-6-9-24-10-7-21/h12,15H,3,6-11,13-14H2,1-2,4-5H3. The molecule has 25 heavy (non-hydrogen) atoms. The maximum absolute atomic E-state index is 5.78. The van der Waals surface area contributed by atoms with Crippen LogP contribution in [0, 0.1) is 5.41 Å². The monoisotopic (exact) mass is 348 g/mol. The predicted molar refractivity (Wildman–Crippen MR) is 100 cm³/mol. The molecule has 0 saturated carbocycles. The van der Waals surface area contributed by atoms with E-state index in [2.05, 4.69) is 55.0 Å². The molecule has 0 radical (unpaired) electrons. The van der Waals surface area contributed by atoms with Crippen LogP contribution < -0.4 is 0 Å². The second-order valence-electron chi connectivity index (χ2n) is 8.10. The van der Waals surface area contributed by atoms with E-state index in [1.54, 1.807) is 0 Å². The first-order valence-electron chi connectivity index (χ1n) is 9.32. The fourth-order valence-corrected chi connectivity index (χ4v) is 3.56. The van der Waals surface area contributed by atoms with Crippen LogP contribution in [-0.2, 0) is 9.47 Å². The van der Waals surface area contributed by atoms with Gasteiger partial charge in [0.05, 0.1) is 25.9 Å². The Hall–Kier alpha value is -1.53. The zero-order valence-electron chi connectivity index (χ0n) is 16.1. The van der Waals surface area contributed by atoms with Crippen molar-refractivity contribution in [3.63, 3.8) is 0 Å². The maximum Gasteiger partial charge on any atom is 0.207 e. The Morgan fingerprint density at radius 2 is 2.00 bits per heavy atom. The molecule has 0 aromatic carbocycles. The second-order valence-corrected chi connectivity index (χ2v) is 8.10. The van der Waals surface area contributed by atoms with Crippen molar-refractivity contribution >= 4 is 5.96 Å². The Morgan fingerprint density at radius 3 is 2.68 bits per heavy atom. The molecular formula is C19H32N4O2. The quantitative estimate of drug-likeness (QED) is 0.761. The number of guanidine groups is 1. The van der Waals surface area contributed by atoms with Gasteiger partial charge in [-0.2, -0.15) is 4.99 Å². The summed E-state index contributed by atoms with van der Waals surface area (Å²) >= 11 is 0. The van der Waals surface area contributed by atoms with Crippen molar-refractivity contribution in [3.05, 3.63) is 24.2 Å². The first-order chi connectivity index (χ1) is 11.9. The van der Waals surface area contributed by atoms with E-state index in [4.69, 9.17) is 14.5 Å². The molecule has 0 aromatic heterocycles. The highest BCUT2D eigenvalue weighted by molar-refractivity contribution is 5.85. The number of morpholine rings is 1. The number of nitrogens with zero attached hydrogens (tertiary/aromatic N) is 4. The fourth-order valence-electron chi connectivity index (χ4n) is 3.56. The van der Waals surface area contributed by atoms with Crippen LogP contribution in [0.2, 0.25) is 0 Å². The van der Waals surface area contributed by atoms with E-state index in [0.717, 1.165) is 63.4 Å². The lowest BCUT2D eigenvalue weighted by Gasteiger charge is -2.48. The number of ether oxygens (including phenoxy) is 2. The number of fused-ring (bicyclic) bond motifs is 1. The van der Waals surface area contributed by atoms with Gasteiger partial charge >= 0.3 is 0 Å². The predicted octanol–water partition coefficient (Wildman–Crippen LogP) is 2.11. The van der Waals surface area contributed by atoms with Crippen molar-refractivity contribution in [1.29, 1.82) is 0 Å². The van der Waals surface area contributed by atoms with Gasteiger partial charge in [-0.3, -0.25) is 0 Å². The SMILES string of the molecule is C=C1C=C(N2CCOCC2)N=C2N(CCOC(C)C)CC(C)(C)CN12. The average Bonchev–Trinajstić information content (AvgIpc) is 2.55. The van der Waals surface area contributed by atoms with Crippen molar-refractivity contribution in [1.82, 2.24) is 14.7 Å². The molecule has 3 aliphatic rings. The Balaban J connectivity index is 1.80. The molecule has 0 amide bonds. The van der Waals surface area contributed by atoms with E-state index < -0.39 is 0 Å². The van der Waals surface area contributed by atoms with Crippen molar-refractivity contribution in [2.75, 3.05) is 52.5 Å². The number of aliphatic imine (C=N–C) groups is 1. The average molecular weight is 348 g/mol. The van der Waals surface area contributed by atoms with Gasteiger partial charge < -0.3 is 24.2 Å². The van der Waals surface area contributed by atoms with Gasteiger partial charge in [0.25, 0.3) is 0 Å². The Labute approximate surface area is 151 Å². The van der Waals surface area contributed by atoms with Crippen LogP contribution in [0.4, 0.5) is 0 Å². The summed E-state index contributed by atoms with van der Waals surface area (Å²) in [5.74, 6) is 2.02. The van der Waals surface area contributed by atoms with E-state index in [9.17, 15) is 0 Å². The highest BCUT2D eigenvalue weighted by Gasteiger charge is 2.38. The molecule has 6 nitrogen and oxygen atoms in total. The third-order valence-corrected chi connectivity index (χ3v) is 4.73. The molecule has 0 aromatic rings. The van der Waals surface area contributed by atoms with E-state index in [1.165, 1.54) is 0 Å². The molecule has 140 valence electrons. The summed E-state index contributed by atoms with van der Waals surface area (Å²) in [5, 5.41) is 0. The zero-order chi connectivity index (χ0) is 18.0. The highest BCUT2D eigenvalue weighted by Crippen LogP contribution is 2.31. The van der Waals surface area contributed by atoms with Gasteiger partial charge in [0.15, 0.2) is 0 Å². The fraction of sp³-hybridized carbons (Fsp3) is 0.737. The second kappa shape index (κ2) is 7.38. The summed E-state index contributed by atoms with van der Waals surface area (Å²) in [6.07, 6.45) is 2.36. The van der Waals surface area contributed by atoms with Crippen LogP contribution in [0.15, 0.2) is 29.2 Å². The molecule has 0 atom stereocenters. The number of allylic oxidation sites excluding steroid dienone is 1. The summed E-state index contributed by atoms with van der Waals surface area (Å²) in [4.78, 5) is 11.9. The summed E-state index contributed by atoms with van der Waals surface area (Å²) in [6.45, 7) is 19.8. The molecule has 0 N–H and O–H groups in total. The molecule has 0 aliphatic carbocycles. The van der Waals surface area contributed by atoms with E-state index in [-0.39, 0.29) is 11.5 Å². The van der Waals surface area contributed by atoms with Gasteiger partial charge in [0.1, 0.15) is 5.82 Å². The van der Waals surface area contributed by atoms with Crippen molar-refractivity contribution in [2.24, 2.45) is 10.4 Å². The Morgan fingerprint density at radius 1 is 1.28 bits per heavy atom. The summed E-state index contributed by atoms with van der Waals surface area (Å²) in [7, 11) is 0. The maximum atomic E-state index is 5.78. The van der Waals surface area contributed by atoms with Gasteiger partial charge in [-0.05, 0) is 13.8 Å². The normalized spacial score (nSPS) is 23.6. The largest absolute Gasteiger partial charge is 0.378 e. The van der Waals surface area contributed by atoms with Gasteiger partial charge in [0, 0.05) is 49.9 Å². The summed E-state index contributed by atoms with van der Waals surface area (Å²) in [6, 6.07) is 0. The zero-order valence-corrected chi connectivity index (χ0v) is 16.1. The van der Waals surface area contributed by atoms with Crippen molar-refractivity contribution in [3.8, 4) is 0 Å². The topological polar surface area (TPSA) is 40.5 Å². The highest BCUT2D eigenvalue weighted by atomic mass is 16.5. The van der Waals surface area contributed by atoms with Crippen LogP contribution in [0.1, 0.15) is 27.7 Å². The lowest BCUT2D eigenvalue weighted by atomic mass is 9.89. The molecule has 3 heterocycles. The van der Waals surface area contributed by atoms with E-state index >= 15 is 0 Å². The van der Waals surface area contributed by atoms with Crippen LogP contribution in [-0.4, -0.2) is 79.3 Å². The van der Waals surface area contributed by atoms with Crippen LogP contribution in [0.3, 0.4) is 0 Å². The van der Waals surface area contributed by atoms with Crippen LogP contribution in [0.5, 0.6) is 0 Å². The van der Waals surface area contributed by atoms with Crippen LogP contribution >= 0.6 is 0 Å². The minimum Gasteiger partial charge on any atom is -0.378 e. The lowest BCUT2D eigenvalue weighted by molar-refractivity contribution is 0.0490. The van der Waals surface area contributed by atoms with Crippen molar-refractivity contribution < 1.29 is 9.47 Å².